The molecular weight excluding hydrogens is 572 g/mol. The van der Waals surface area contributed by atoms with Crippen LogP contribution in [-0.4, -0.2) is 49.1 Å². The quantitative estimate of drug-likeness (QED) is 0.209. The van der Waals surface area contributed by atoms with Crippen LogP contribution in [0.4, 0.5) is 0 Å². The van der Waals surface area contributed by atoms with Crippen molar-refractivity contribution in [2.75, 3.05) is 0 Å². The molecule has 0 aliphatic carbocycles. The minimum atomic E-state index is -3.89. The molecule has 0 saturated carbocycles. The van der Waals surface area contributed by atoms with Gasteiger partial charge in [0.15, 0.2) is 15.6 Å². The highest BCUT2D eigenvalue weighted by Gasteiger charge is 2.60. The number of hydrogen-bond donors (Lipinski definition) is 0. The number of ether oxygens (including phenoxy) is 4. The van der Waals surface area contributed by atoms with Crippen molar-refractivity contribution in [3.63, 3.8) is 0 Å². The van der Waals surface area contributed by atoms with Gasteiger partial charge in [0.25, 0.3) is 0 Å². The molecule has 6 nitrogen and oxygen atoms in total. The van der Waals surface area contributed by atoms with Crippen LogP contribution in [0.2, 0.25) is 0 Å². The Kier molecular flexibility index (Phi) is 9.31. The van der Waals surface area contributed by atoms with E-state index in [0.717, 1.165) is 22.3 Å². The van der Waals surface area contributed by atoms with Gasteiger partial charge < -0.3 is 18.9 Å². The monoisotopic (exact) mass is 612 g/mol. The van der Waals surface area contributed by atoms with Crippen molar-refractivity contribution in [3.8, 4) is 0 Å². The summed E-state index contributed by atoms with van der Waals surface area (Å²) in [5, 5.41) is -1.78. The summed E-state index contributed by atoms with van der Waals surface area (Å²) in [6, 6.07) is 39.1. The first-order valence-corrected chi connectivity index (χ1v) is 16.9. The van der Waals surface area contributed by atoms with Crippen LogP contribution in [0.5, 0.6) is 0 Å². The summed E-state index contributed by atoms with van der Waals surface area (Å²) in [5.74, 6) is -0.951. The highest BCUT2D eigenvalue weighted by molar-refractivity contribution is 7.92. The predicted octanol–water partition coefficient (Wildman–Crippen LogP) is 6.33. The molecule has 44 heavy (non-hydrogen) atoms. The minimum absolute atomic E-state index is 0.248. The van der Waals surface area contributed by atoms with Crippen molar-refractivity contribution < 1.29 is 27.4 Å². The second-order valence-corrected chi connectivity index (χ2v) is 14.5. The maximum Gasteiger partial charge on any atom is 0.164 e. The second-order valence-electron chi connectivity index (χ2n) is 12.1. The zero-order valence-corrected chi connectivity index (χ0v) is 26.0. The lowest BCUT2D eigenvalue weighted by molar-refractivity contribution is -0.167. The summed E-state index contributed by atoms with van der Waals surface area (Å²) >= 11 is 0. The molecule has 6 atom stereocenters. The lowest BCUT2D eigenvalue weighted by Gasteiger charge is -2.32. The Morgan fingerprint density at radius 1 is 0.545 bits per heavy atom. The fourth-order valence-electron chi connectivity index (χ4n) is 6.44. The number of rotatable bonds is 10. The van der Waals surface area contributed by atoms with Crippen LogP contribution < -0.4 is 0 Å². The van der Waals surface area contributed by atoms with Crippen molar-refractivity contribution in [2.24, 2.45) is 0 Å². The van der Waals surface area contributed by atoms with Crippen LogP contribution in [0.25, 0.3) is 0 Å². The van der Waals surface area contributed by atoms with Crippen LogP contribution in [0.3, 0.4) is 0 Å². The Morgan fingerprint density at radius 3 is 1.20 bits per heavy atom. The third-order valence-electron chi connectivity index (χ3n) is 8.52. The van der Waals surface area contributed by atoms with Crippen LogP contribution in [0.15, 0.2) is 121 Å². The third-order valence-corrected chi connectivity index (χ3v) is 11.1. The molecule has 2 aliphatic rings. The Morgan fingerprint density at radius 2 is 0.864 bits per heavy atom. The molecular formula is C37H40O6S. The normalized spacial score (nSPS) is 27.3. The van der Waals surface area contributed by atoms with E-state index in [4.69, 9.17) is 18.9 Å². The lowest BCUT2D eigenvalue weighted by Crippen LogP contribution is -2.48. The van der Waals surface area contributed by atoms with Gasteiger partial charge in [0.2, 0.25) is 0 Å². The summed E-state index contributed by atoms with van der Waals surface area (Å²) in [6.07, 6.45) is -2.36. The SMILES string of the molecule is CC1(C)O[C@@H]2[C@@H](O1)[C@@H](OCc1ccccc1)[C@@H](Cc1ccccc1)S(=O)(=O)[C@H](Cc1ccccc1)[C@@H]2OCc1ccccc1. The Balaban J connectivity index is 1.46. The Labute approximate surface area is 260 Å². The van der Waals surface area contributed by atoms with Gasteiger partial charge >= 0.3 is 0 Å². The van der Waals surface area contributed by atoms with Crippen LogP contribution in [-0.2, 0) is 54.8 Å². The molecule has 0 aromatic heterocycles. The topological polar surface area (TPSA) is 71.1 Å². The van der Waals surface area contributed by atoms with Crippen LogP contribution >= 0.6 is 0 Å². The Bertz CT molecular complexity index is 1470. The standard InChI is InChI=1S/C37H40O6S/c1-37(2)42-35-33(40-25-29-19-11-5-12-20-29)31(23-27-15-7-3-8-16-27)44(38,39)32(24-28-17-9-4-10-18-28)34(36(35)43-37)41-26-30-21-13-6-14-22-30/h3-22,31-36H,23-26H2,1-2H3/t31-,32-,33+,34+,35+,36+/m1/s1. The molecule has 4 aromatic rings. The summed E-state index contributed by atoms with van der Waals surface area (Å²) in [4.78, 5) is 0. The highest BCUT2D eigenvalue weighted by atomic mass is 32.2. The van der Waals surface area contributed by atoms with Gasteiger partial charge in [0.05, 0.1) is 23.7 Å². The van der Waals surface area contributed by atoms with Crippen molar-refractivity contribution in [2.45, 2.75) is 80.6 Å². The van der Waals surface area contributed by atoms with Crippen molar-refractivity contribution in [1.29, 1.82) is 0 Å². The Hall–Kier alpha value is -3.33. The smallest absolute Gasteiger partial charge is 0.164 e. The second kappa shape index (κ2) is 13.3. The van der Waals surface area contributed by atoms with E-state index in [1.54, 1.807) is 0 Å². The van der Waals surface area contributed by atoms with Gasteiger partial charge in [-0.3, -0.25) is 0 Å². The van der Waals surface area contributed by atoms with E-state index in [1.807, 2.05) is 135 Å². The van der Waals surface area contributed by atoms with E-state index < -0.39 is 50.5 Å². The van der Waals surface area contributed by atoms with Crippen molar-refractivity contribution >= 4 is 9.84 Å². The van der Waals surface area contributed by atoms with E-state index in [-0.39, 0.29) is 26.1 Å². The van der Waals surface area contributed by atoms with Crippen LogP contribution in [0, 0.1) is 0 Å². The molecule has 0 spiro atoms. The van der Waals surface area contributed by atoms with Gasteiger partial charge in [-0.25, -0.2) is 8.42 Å². The molecule has 2 fully saturated rings. The van der Waals surface area contributed by atoms with E-state index in [9.17, 15) is 0 Å². The van der Waals surface area contributed by atoms with Gasteiger partial charge in [-0.15, -0.1) is 0 Å². The first-order chi connectivity index (χ1) is 21.3. The molecule has 230 valence electrons. The van der Waals surface area contributed by atoms with Gasteiger partial charge in [-0.05, 0) is 48.9 Å². The molecule has 0 radical (unpaired) electrons. The first-order valence-electron chi connectivity index (χ1n) is 15.3. The maximum absolute atomic E-state index is 15.1. The number of benzene rings is 4. The fourth-order valence-corrected chi connectivity index (χ4v) is 8.96. The molecule has 0 bridgehead atoms. The summed E-state index contributed by atoms with van der Waals surface area (Å²) in [7, 11) is -3.89. The number of hydrogen-bond acceptors (Lipinski definition) is 6. The molecule has 2 heterocycles. The molecule has 2 aliphatic heterocycles. The van der Waals surface area contributed by atoms with Gasteiger partial charge in [-0.2, -0.15) is 0 Å². The molecule has 2 saturated heterocycles. The molecule has 4 aromatic carbocycles. The van der Waals surface area contributed by atoms with Crippen molar-refractivity contribution in [1.82, 2.24) is 0 Å². The first kappa shape index (κ1) is 30.7. The predicted molar refractivity (Wildman–Crippen MR) is 171 cm³/mol. The van der Waals surface area contributed by atoms with Gasteiger partial charge in [-0.1, -0.05) is 121 Å². The molecule has 7 heteroatoms. The molecule has 6 rings (SSSR count). The summed E-state index contributed by atoms with van der Waals surface area (Å²) < 4.78 is 56.7. The van der Waals surface area contributed by atoms with E-state index >= 15 is 8.42 Å². The van der Waals surface area contributed by atoms with E-state index in [0.29, 0.717) is 0 Å². The average Bonchev–Trinajstić information content (AvgIpc) is 3.34. The zero-order chi connectivity index (χ0) is 30.6. The fraction of sp³-hybridized carbons (Fsp3) is 0.351. The summed E-state index contributed by atoms with van der Waals surface area (Å²) in [5.41, 5.74) is 3.76. The van der Waals surface area contributed by atoms with Crippen LogP contribution in [0.1, 0.15) is 36.1 Å². The van der Waals surface area contributed by atoms with E-state index in [2.05, 4.69) is 0 Å². The van der Waals surface area contributed by atoms with Gasteiger partial charge in [0.1, 0.15) is 24.4 Å². The minimum Gasteiger partial charge on any atom is -0.369 e. The number of fused-ring (bicyclic) bond motifs is 1. The maximum atomic E-state index is 15.1. The van der Waals surface area contributed by atoms with E-state index in [1.165, 1.54) is 0 Å². The average molecular weight is 613 g/mol. The van der Waals surface area contributed by atoms with Gasteiger partial charge in [0, 0.05) is 0 Å². The van der Waals surface area contributed by atoms with Crippen molar-refractivity contribution in [3.05, 3.63) is 144 Å². The molecule has 0 amide bonds. The summed E-state index contributed by atoms with van der Waals surface area (Å²) in [6.45, 7) is 4.24. The molecule has 0 unspecified atom stereocenters. The number of sulfone groups is 1. The molecule has 0 N–H and O–H groups in total. The largest absolute Gasteiger partial charge is 0.369 e. The lowest BCUT2D eigenvalue weighted by atomic mass is 9.94. The third kappa shape index (κ3) is 6.98. The zero-order valence-electron chi connectivity index (χ0n) is 25.2. The highest BCUT2D eigenvalue weighted by Crippen LogP contribution is 2.43.